The van der Waals surface area contributed by atoms with Crippen molar-refractivity contribution in [1.82, 2.24) is 0 Å². The third-order valence-electron chi connectivity index (χ3n) is 4.24. The molecule has 0 radical (unpaired) electrons. The highest BCUT2D eigenvalue weighted by molar-refractivity contribution is 5.97. The van der Waals surface area contributed by atoms with Gasteiger partial charge in [-0.2, -0.15) is 0 Å². The van der Waals surface area contributed by atoms with E-state index >= 15 is 0 Å². The zero-order valence-electron chi connectivity index (χ0n) is 13.1. The highest BCUT2D eigenvalue weighted by Gasteiger charge is 2.40. The number of nitrogens with one attached hydrogen (secondary N) is 1. The van der Waals surface area contributed by atoms with Crippen LogP contribution >= 0.6 is 0 Å². The summed E-state index contributed by atoms with van der Waals surface area (Å²) in [5.74, 6) is -1.53. The predicted octanol–water partition coefficient (Wildman–Crippen LogP) is 4.37. The van der Waals surface area contributed by atoms with Crippen LogP contribution < -0.4 is 5.73 Å². The minimum Gasteiger partial charge on any atom is -0.386 e. The molecule has 0 atom stereocenters. The van der Waals surface area contributed by atoms with E-state index in [-0.39, 0.29) is 5.84 Å². The van der Waals surface area contributed by atoms with Gasteiger partial charge in [0.25, 0.3) is 0 Å². The van der Waals surface area contributed by atoms with E-state index in [0.717, 1.165) is 0 Å². The van der Waals surface area contributed by atoms with Crippen LogP contribution in [0.1, 0.15) is 16.7 Å². The van der Waals surface area contributed by atoms with Crippen molar-refractivity contribution in [2.75, 3.05) is 0 Å². The first-order chi connectivity index (χ1) is 11.9. The predicted molar refractivity (Wildman–Crippen MR) is 91.0 cm³/mol. The van der Waals surface area contributed by atoms with Crippen molar-refractivity contribution in [3.8, 4) is 0 Å². The Kier molecular flexibility index (Phi) is 4.31. The minimum atomic E-state index is -1.28. The van der Waals surface area contributed by atoms with Gasteiger partial charge in [0.1, 0.15) is 28.7 Å². The summed E-state index contributed by atoms with van der Waals surface area (Å²) in [5.41, 5.74) is 6.28. The number of halogens is 3. The number of hydrogen-bond donors (Lipinski definition) is 2. The fourth-order valence-corrected chi connectivity index (χ4v) is 3.07. The van der Waals surface area contributed by atoms with E-state index in [9.17, 15) is 13.2 Å². The first-order valence-electron chi connectivity index (χ1n) is 7.57. The molecule has 0 fully saturated rings. The number of nitrogens with two attached hydrogens (primary N) is 1. The average Bonchev–Trinajstić information content (AvgIpc) is 2.60. The van der Waals surface area contributed by atoms with Gasteiger partial charge in [-0.05, 0) is 53.1 Å². The molecule has 3 aromatic carbocycles. The molecule has 0 bridgehead atoms. The van der Waals surface area contributed by atoms with Gasteiger partial charge in [0, 0.05) is 0 Å². The Hall–Kier alpha value is -3.08. The molecule has 0 aliphatic rings. The van der Waals surface area contributed by atoms with Crippen molar-refractivity contribution in [1.29, 1.82) is 5.41 Å². The summed E-state index contributed by atoms with van der Waals surface area (Å²) in [5, 5.41) is 8.27. The van der Waals surface area contributed by atoms with Gasteiger partial charge in [-0.3, -0.25) is 5.41 Å². The maximum Gasteiger partial charge on any atom is 0.123 e. The van der Waals surface area contributed by atoms with E-state index in [1.165, 1.54) is 72.8 Å². The van der Waals surface area contributed by atoms with E-state index < -0.39 is 22.9 Å². The molecule has 0 saturated heterocycles. The second kappa shape index (κ2) is 6.43. The Morgan fingerprint density at radius 1 is 0.600 bits per heavy atom. The van der Waals surface area contributed by atoms with Crippen LogP contribution in [0.25, 0.3) is 0 Å². The monoisotopic (exact) mass is 340 g/mol. The second-order valence-corrected chi connectivity index (χ2v) is 5.68. The van der Waals surface area contributed by atoms with Crippen LogP contribution in [0.2, 0.25) is 0 Å². The van der Waals surface area contributed by atoms with Crippen molar-refractivity contribution >= 4 is 5.84 Å². The summed E-state index contributed by atoms with van der Waals surface area (Å²) in [6.45, 7) is 0. The van der Waals surface area contributed by atoms with Gasteiger partial charge in [0.2, 0.25) is 0 Å². The lowest BCUT2D eigenvalue weighted by Crippen LogP contribution is -2.43. The zero-order chi connectivity index (χ0) is 18.0. The largest absolute Gasteiger partial charge is 0.386 e. The number of amidine groups is 1. The SMILES string of the molecule is N=C(N)C(c1ccc(F)cc1)(c1ccc(F)cc1)c1ccc(F)cc1. The van der Waals surface area contributed by atoms with Gasteiger partial charge in [0.05, 0.1) is 0 Å². The van der Waals surface area contributed by atoms with Gasteiger partial charge >= 0.3 is 0 Å². The molecule has 0 heterocycles. The van der Waals surface area contributed by atoms with E-state index in [4.69, 9.17) is 11.1 Å². The standard InChI is InChI=1S/C20H15F3N2/c21-16-7-1-13(2-8-16)20(19(24)25,14-3-9-17(22)10-4-14)15-5-11-18(23)12-6-15/h1-12H,(H3,24,25). The van der Waals surface area contributed by atoms with Crippen molar-refractivity contribution < 1.29 is 13.2 Å². The molecule has 0 amide bonds. The van der Waals surface area contributed by atoms with E-state index in [2.05, 4.69) is 0 Å². The molecule has 0 aliphatic heterocycles. The molecule has 0 spiro atoms. The highest BCUT2D eigenvalue weighted by Crippen LogP contribution is 2.39. The normalized spacial score (nSPS) is 11.3. The second-order valence-electron chi connectivity index (χ2n) is 5.68. The van der Waals surface area contributed by atoms with Crippen LogP contribution in [-0.2, 0) is 5.41 Å². The Morgan fingerprint density at radius 3 is 1.04 bits per heavy atom. The van der Waals surface area contributed by atoms with Gasteiger partial charge in [-0.1, -0.05) is 36.4 Å². The maximum atomic E-state index is 13.4. The molecule has 3 N–H and O–H groups in total. The summed E-state index contributed by atoms with van der Waals surface area (Å²) < 4.78 is 40.2. The Morgan fingerprint density at radius 2 is 0.840 bits per heavy atom. The molecular weight excluding hydrogens is 325 g/mol. The van der Waals surface area contributed by atoms with Crippen LogP contribution in [0.5, 0.6) is 0 Å². The fraction of sp³-hybridized carbons (Fsp3) is 0.0500. The molecule has 3 aromatic rings. The third kappa shape index (κ3) is 2.89. The van der Waals surface area contributed by atoms with Crippen LogP contribution in [0.4, 0.5) is 13.2 Å². The van der Waals surface area contributed by atoms with Crippen molar-refractivity contribution in [2.24, 2.45) is 5.73 Å². The molecule has 2 nitrogen and oxygen atoms in total. The molecule has 25 heavy (non-hydrogen) atoms. The smallest absolute Gasteiger partial charge is 0.123 e. The minimum absolute atomic E-state index is 0.239. The van der Waals surface area contributed by atoms with Crippen LogP contribution in [-0.4, -0.2) is 5.84 Å². The first kappa shape index (κ1) is 16.8. The Labute approximate surface area is 143 Å². The summed E-state index contributed by atoms with van der Waals surface area (Å²) in [6.07, 6.45) is 0. The Balaban J connectivity index is 2.35. The quantitative estimate of drug-likeness (QED) is 0.413. The van der Waals surface area contributed by atoms with E-state index in [1.807, 2.05) is 0 Å². The Bertz CT molecular complexity index is 775. The van der Waals surface area contributed by atoms with E-state index in [1.54, 1.807) is 0 Å². The highest BCUT2D eigenvalue weighted by atomic mass is 19.1. The van der Waals surface area contributed by atoms with Crippen LogP contribution in [0.15, 0.2) is 72.8 Å². The van der Waals surface area contributed by atoms with Crippen LogP contribution in [0, 0.1) is 22.9 Å². The fourth-order valence-electron chi connectivity index (χ4n) is 3.07. The summed E-state index contributed by atoms with van der Waals surface area (Å²) in [6, 6.07) is 16.7. The average molecular weight is 340 g/mol. The molecule has 5 heteroatoms. The lowest BCUT2D eigenvalue weighted by molar-refractivity contribution is 0.622. The van der Waals surface area contributed by atoms with Crippen molar-refractivity contribution in [2.45, 2.75) is 5.41 Å². The van der Waals surface area contributed by atoms with Gasteiger partial charge in [-0.25, -0.2) is 13.2 Å². The van der Waals surface area contributed by atoms with E-state index in [0.29, 0.717) is 16.7 Å². The number of rotatable bonds is 4. The lowest BCUT2D eigenvalue weighted by Gasteiger charge is -2.34. The molecular formula is C20H15F3N2. The molecule has 126 valence electrons. The molecule has 0 aromatic heterocycles. The zero-order valence-corrected chi connectivity index (χ0v) is 13.1. The third-order valence-corrected chi connectivity index (χ3v) is 4.24. The number of hydrogen-bond acceptors (Lipinski definition) is 1. The molecule has 3 rings (SSSR count). The van der Waals surface area contributed by atoms with Crippen molar-refractivity contribution in [3.05, 3.63) is 107 Å². The van der Waals surface area contributed by atoms with Gasteiger partial charge in [-0.15, -0.1) is 0 Å². The van der Waals surface area contributed by atoms with Gasteiger partial charge in [0.15, 0.2) is 0 Å². The summed E-state index contributed by atoms with van der Waals surface area (Å²) in [4.78, 5) is 0. The number of benzene rings is 3. The maximum absolute atomic E-state index is 13.4. The first-order valence-corrected chi connectivity index (χ1v) is 7.57. The summed E-state index contributed by atoms with van der Waals surface area (Å²) >= 11 is 0. The van der Waals surface area contributed by atoms with Crippen LogP contribution in [0.3, 0.4) is 0 Å². The molecule has 0 unspecified atom stereocenters. The summed E-state index contributed by atoms with van der Waals surface area (Å²) in [7, 11) is 0. The topological polar surface area (TPSA) is 49.9 Å². The molecule has 0 aliphatic carbocycles. The molecule has 0 saturated carbocycles. The van der Waals surface area contributed by atoms with Crippen molar-refractivity contribution in [3.63, 3.8) is 0 Å². The lowest BCUT2D eigenvalue weighted by atomic mass is 9.68. The van der Waals surface area contributed by atoms with Gasteiger partial charge < -0.3 is 5.73 Å².